The van der Waals surface area contributed by atoms with Crippen LogP contribution in [0.1, 0.15) is 43.3 Å². The van der Waals surface area contributed by atoms with Gasteiger partial charge in [0.15, 0.2) is 0 Å². The van der Waals surface area contributed by atoms with Gasteiger partial charge in [-0.1, -0.05) is 6.92 Å². The van der Waals surface area contributed by atoms with Crippen molar-refractivity contribution < 1.29 is 0 Å². The van der Waals surface area contributed by atoms with E-state index in [1.807, 2.05) is 0 Å². The molecule has 0 fully saturated rings. The predicted molar refractivity (Wildman–Crippen MR) is 81.7 cm³/mol. The SMILES string of the molecule is CCCNC(Cc1cc(C)nn1CC)c1ccsc1. The minimum absolute atomic E-state index is 0.396. The van der Waals surface area contributed by atoms with E-state index in [2.05, 4.69) is 58.8 Å². The Bertz CT molecular complexity index is 487. The smallest absolute Gasteiger partial charge is 0.0596 e. The van der Waals surface area contributed by atoms with Crippen LogP contribution in [0.5, 0.6) is 0 Å². The number of aromatic nitrogens is 2. The van der Waals surface area contributed by atoms with Crippen LogP contribution >= 0.6 is 11.3 Å². The average Bonchev–Trinajstić information content (AvgIpc) is 3.03. The Morgan fingerprint density at radius 3 is 2.89 bits per heavy atom. The molecule has 0 aliphatic heterocycles. The Morgan fingerprint density at radius 2 is 2.26 bits per heavy atom. The van der Waals surface area contributed by atoms with Crippen LogP contribution in [-0.4, -0.2) is 16.3 Å². The van der Waals surface area contributed by atoms with Crippen LogP contribution in [0.4, 0.5) is 0 Å². The molecule has 0 aromatic carbocycles. The van der Waals surface area contributed by atoms with Crippen LogP contribution in [0.25, 0.3) is 0 Å². The van der Waals surface area contributed by atoms with Crippen molar-refractivity contribution in [1.82, 2.24) is 15.1 Å². The van der Waals surface area contributed by atoms with Crippen LogP contribution in [0.2, 0.25) is 0 Å². The van der Waals surface area contributed by atoms with E-state index < -0.39 is 0 Å². The summed E-state index contributed by atoms with van der Waals surface area (Å²) < 4.78 is 2.11. The van der Waals surface area contributed by atoms with Gasteiger partial charge in [0.2, 0.25) is 0 Å². The number of hydrogen-bond donors (Lipinski definition) is 1. The van der Waals surface area contributed by atoms with Crippen LogP contribution in [0.3, 0.4) is 0 Å². The van der Waals surface area contributed by atoms with Crippen molar-refractivity contribution in [2.24, 2.45) is 0 Å². The zero-order valence-electron chi connectivity index (χ0n) is 12.0. The molecule has 1 atom stereocenters. The van der Waals surface area contributed by atoms with Crippen molar-refractivity contribution in [3.63, 3.8) is 0 Å². The molecule has 0 spiro atoms. The van der Waals surface area contributed by atoms with Crippen LogP contribution in [0, 0.1) is 6.92 Å². The van der Waals surface area contributed by atoms with Gasteiger partial charge in [0.1, 0.15) is 0 Å². The van der Waals surface area contributed by atoms with Gasteiger partial charge in [0, 0.05) is 24.7 Å². The summed E-state index contributed by atoms with van der Waals surface area (Å²) in [7, 11) is 0. The van der Waals surface area contributed by atoms with Crippen LogP contribution in [-0.2, 0) is 13.0 Å². The lowest BCUT2D eigenvalue weighted by Crippen LogP contribution is -2.24. The van der Waals surface area contributed by atoms with E-state index >= 15 is 0 Å². The minimum Gasteiger partial charge on any atom is -0.310 e. The molecule has 0 bridgehead atoms. The third-order valence-corrected chi connectivity index (χ3v) is 3.99. The summed E-state index contributed by atoms with van der Waals surface area (Å²) in [5, 5.41) is 12.6. The zero-order chi connectivity index (χ0) is 13.7. The summed E-state index contributed by atoms with van der Waals surface area (Å²) in [5.41, 5.74) is 3.82. The highest BCUT2D eigenvalue weighted by Crippen LogP contribution is 2.21. The summed E-state index contributed by atoms with van der Waals surface area (Å²) in [6.45, 7) is 8.41. The van der Waals surface area contributed by atoms with E-state index in [1.165, 1.54) is 11.3 Å². The number of rotatable bonds is 7. The predicted octanol–water partition coefficient (Wildman–Crippen LogP) is 3.56. The standard InChI is InChI=1S/C15H23N3S/c1-4-7-16-15(13-6-8-19-11-13)10-14-9-12(3)17-18(14)5-2/h6,8-9,11,15-16H,4-5,7,10H2,1-3H3. The molecule has 0 saturated heterocycles. The van der Waals surface area contributed by atoms with E-state index in [0.717, 1.165) is 31.6 Å². The molecule has 3 nitrogen and oxygen atoms in total. The van der Waals surface area contributed by atoms with E-state index in [4.69, 9.17) is 0 Å². The van der Waals surface area contributed by atoms with E-state index in [1.54, 1.807) is 11.3 Å². The van der Waals surface area contributed by atoms with Gasteiger partial charge in [0.05, 0.1) is 5.69 Å². The number of nitrogens with one attached hydrogen (secondary N) is 1. The number of hydrogen-bond acceptors (Lipinski definition) is 3. The normalized spacial score (nSPS) is 12.8. The minimum atomic E-state index is 0.396. The van der Waals surface area contributed by atoms with Gasteiger partial charge >= 0.3 is 0 Å². The fourth-order valence-electron chi connectivity index (χ4n) is 2.35. The van der Waals surface area contributed by atoms with E-state index in [0.29, 0.717) is 6.04 Å². The first kappa shape index (κ1) is 14.3. The maximum Gasteiger partial charge on any atom is 0.0596 e. The molecule has 0 amide bonds. The lowest BCUT2D eigenvalue weighted by Gasteiger charge is -2.18. The third-order valence-electron chi connectivity index (χ3n) is 3.28. The lowest BCUT2D eigenvalue weighted by molar-refractivity contribution is 0.503. The van der Waals surface area contributed by atoms with Gasteiger partial charge in [-0.2, -0.15) is 16.4 Å². The monoisotopic (exact) mass is 277 g/mol. The molecular formula is C15H23N3S. The second-order valence-electron chi connectivity index (χ2n) is 4.86. The molecule has 0 aliphatic rings. The largest absolute Gasteiger partial charge is 0.310 e. The topological polar surface area (TPSA) is 29.9 Å². The molecule has 2 aromatic heterocycles. The molecule has 2 aromatic rings. The highest BCUT2D eigenvalue weighted by molar-refractivity contribution is 7.07. The summed E-state index contributed by atoms with van der Waals surface area (Å²) >= 11 is 1.76. The molecule has 104 valence electrons. The quantitative estimate of drug-likeness (QED) is 0.838. The summed E-state index contributed by atoms with van der Waals surface area (Å²) in [6, 6.07) is 4.82. The van der Waals surface area contributed by atoms with Crippen LogP contribution < -0.4 is 5.32 Å². The molecule has 1 unspecified atom stereocenters. The lowest BCUT2D eigenvalue weighted by atomic mass is 10.0. The fraction of sp³-hybridized carbons (Fsp3) is 0.533. The van der Waals surface area contributed by atoms with Crippen molar-refractivity contribution in [1.29, 1.82) is 0 Å². The molecule has 0 radical (unpaired) electrons. The second-order valence-corrected chi connectivity index (χ2v) is 5.64. The van der Waals surface area contributed by atoms with Gasteiger partial charge in [-0.05, 0) is 55.3 Å². The Kier molecular flexibility index (Phi) is 5.16. The van der Waals surface area contributed by atoms with Crippen molar-refractivity contribution in [3.8, 4) is 0 Å². The van der Waals surface area contributed by atoms with Crippen molar-refractivity contribution in [3.05, 3.63) is 39.8 Å². The number of aryl methyl sites for hydroxylation is 2. The summed E-state index contributed by atoms with van der Waals surface area (Å²) in [5.74, 6) is 0. The van der Waals surface area contributed by atoms with E-state index in [-0.39, 0.29) is 0 Å². The maximum atomic E-state index is 4.54. The molecule has 4 heteroatoms. The van der Waals surface area contributed by atoms with Crippen molar-refractivity contribution in [2.75, 3.05) is 6.54 Å². The van der Waals surface area contributed by atoms with Crippen molar-refractivity contribution in [2.45, 2.75) is 46.2 Å². The fourth-order valence-corrected chi connectivity index (χ4v) is 3.06. The molecular weight excluding hydrogens is 254 g/mol. The second kappa shape index (κ2) is 6.87. The summed E-state index contributed by atoms with van der Waals surface area (Å²) in [4.78, 5) is 0. The highest BCUT2D eigenvalue weighted by atomic mass is 32.1. The van der Waals surface area contributed by atoms with Gasteiger partial charge in [-0.25, -0.2) is 0 Å². The first-order valence-electron chi connectivity index (χ1n) is 7.03. The molecule has 2 heterocycles. The Balaban J connectivity index is 2.15. The number of nitrogens with zero attached hydrogens (tertiary/aromatic N) is 2. The zero-order valence-corrected chi connectivity index (χ0v) is 12.8. The Labute approximate surface area is 119 Å². The van der Waals surface area contributed by atoms with E-state index in [9.17, 15) is 0 Å². The van der Waals surface area contributed by atoms with Crippen molar-refractivity contribution >= 4 is 11.3 Å². The first-order chi connectivity index (χ1) is 9.24. The maximum absolute atomic E-state index is 4.54. The van der Waals surface area contributed by atoms with Gasteiger partial charge < -0.3 is 5.32 Å². The first-order valence-corrected chi connectivity index (χ1v) is 7.97. The average molecular weight is 277 g/mol. The highest BCUT2D eigenvalue weighted by Gasteiger charge is 2.15. The Hall–Kier alpha value is -1.13. The van der Waals surface area contributed by atoms with Gasteiger partial charge in [-0.3, -0.25) is 4.68 Å². The third kappa shape index (κ3) is 3.67. The Morgan fingerprint density at radius 1 is 1.42 bits per heavy atom. The molecule has 2 rings (SSSR count). The molecule has 0 saturated carbocycles. The molecule has 0 aliphatic carbocycles. The van der Waals surface area contributed by atoms with Crippen LogP contribution in [0.15, 0.2) is 22.9 Å². The van der Waals surface area contributed by atoms with Gasteiger partial charge in [0.25, 0.3) is 0 Å². The summed E-state index contributed by atoms with van der Waals surface area (Å²) in [6.07, 6.45) is 2.16. The molecule has 19 heavy (non-hydrogen) atoms. The molecule has 1 N–H and O–H groups in total. The van der Waals surface area contributed by atoms with Gasteiger partial charge in [-0.15, -0.1) is 0 Å². The number of thiophene rings is 1.